The predicted molar refractivity (Wildman–Crippen MR) is 123 cm³/mol. The van der Waals surface area contributed by atoms with Gasteiger partial charge in [-0.25, -0.2) is 9.18 Å². The molecule has 8 nitrogen and oxygen atoms in total. The Bertz CT molecular complexity index is 1230. The second-order valence-electron chi connectivity index (χ2n) is 8.87. The van der Waals surface area contributed by atoms with Crippen LogP contribution in [0.4, 0.5) is 28.0 Å². The molecule has 2 amide bonds. The summed E-state index contributed by atoms with van der Waals surface area (Å²) < 4.78 is 60.8. The summed E-state index contributed by atoms with van der Waals surface area (Å²) in [7, 11) is 1.61. The maximum absolute atomic E-state index is 14.2. The first-order valence-electron chi connectivity index (χ1n) is 11.2. The number of carbonyl (C=O) groups is 1. The number of thiophene rings is 1. The highest BCUT2D eigenvalue weighted by Gasteiger charge is 2.35. The van der Waals surface area contributed by atoms with E-state index in [9.17, 15) is 22.4 Å². The number of likely N-dealkylation sites (N-methyl/N-ethyl adjacent to an activating group) is 1. The van der Waals surface area contributed by atoms with Crippen LogP contribution < -0.4 is 16.0 Å². The normalized spacial score (nSPS) is 23.2. The van der Waals surface area contributed by atoms with Crippen molar-refractivity contribution in [3.63, 3.8) is 0 Å². The van der Waals surface area contributed by atoms with Gasteiger partial charge in [-0.05, 0) is 30.0 Å². The average Bonchev–Trinajstić information content (AvgIpc) is 3.50. The Kier molecular flexibility index (Phi) is 6.30. The predicted octanol–water partition coefficient (Wildman–Crippen LogP) is 4.11. The average molecular weight is 513 g/mol. The number of benzene rings is 1. The summed E-state index contributed by atoms with van der Waals surface area (Å²) >= 11 is 1.14. The number of nitrogens with one attached hydrogen (secondary N) is 3. The van der Waals surface area contributed by atoms with E-state index in [1.165, 1.54) is 4.90 Å². The maximum Gasteiger partial charge on any atom is 0.393 e. The molecule has 0 saturated carbocycles. The molecule has 2 saturated heterocycles. The summed E-state index contributed by atoms with van der Waals surface area (Å²) in [5.74, 6) is -0.0103. The fraction of sp³-hybridized carbons (Fsp3) is 0.500. The molecule has 0 radical (unpaired) electrons. The van der Waals surface area contributed by atoms with E-state index < -0.39 is 24.8 Å². The number of halogens is 4. The number of alkyl halides is 4. The molecule has 1 aromatic carbocycles. The van der Waals surface area contributed by atoms with E-state index in [-0.39, 0.29) is 34.1 Å². The third-order valence-electron chi connectivity index (χ3n) is 6.34. The van der Waals surface area contributed by atoms with Crippen LogP contribution in [0.15, 0.2) is 22.7 Å². The molecule has 3 atom stereocenters. The van der Waals surface area contributed by atoms with Gasteiger partial charge in [0.15, 0.2) is 0 Å². The molecule has 0 bridgehead atoms. The number of hydrogen-bond donors (Lipinski definition) is 3. The van der Waals surface area contributed by atoms with Crippen LogP contribution in [-0.2, 0) is 6.42 Å². The van der Waals surface area contributed by atoms with Gasteiger partial charge in [-0.15, -0.1) is 11.3 Å². The van der Waals surface area contributed by atoms with Crippen LogP contribution in [0.1, 0.15) is 23.9 Å². The highest BCUT2D eigenvalue weighted by atomic mass is 32.1. The summed E-state index contributed by atoms with van der Waals surface area (Å²) in [5, 5.41) is 13.3. The van der Waals surface area contributed by atoms with Gasteiger partial charge in [0, 0.05) is 26.1 Å². The lowest BCUT2D eigenvalue weighted by atomic mass is 9.96. The molecular formula is C22H24F4N6O2S. The molecule has 0 spiro atoms. The van der Waals surface area contributed by atoms with Crippen molar-refractivity contribution in [1.29, 1.82) is 0 Å². The largest absolute Gasteiger partial charge is 0.393 e. The molecule has 3 N–H and O–H groups in total. The zero-order chi connectivity index (χ0) is 24.7. The van der Waals surface area contributed by atoms with E-state index >= 15 is 0 Å². The van der Waals surface area contributed by atoms with Crippen molar-refractivity contribution in [3.8, 4) is 10.7 Å². The Morgan fingerprint density at radius 2 is 2.17 bits per heavy atom. The quantitative estimate of drug-likeness (QED) is 0.431. The Balaban J connectivity index is 1.49. The van der Waals surface area contributed by atoms with Crippen LogP contribution in [-0.4, -0.2) is 66.6 Å². The maximum atomic E-state index is 14.2. The topological polar surface area (TPSA) is 95.3 Å². The molecule has 5 rings (SSSR count). The number of piperidine rings is 1. The summed E-state index contributed by atoms with van der Waals surface area (Å²) in [4.78, 5) is 17.8. The molecule has 2 aliphatic heterocycles. The Labute approximate surface area is 202 Å². The highest BCUT2D eigenvalue weighted by Crippen LogP contribution is 2.43. The van der Waals surface area contributed by atoms with E-state index in [0.29, 0.717) is 41.8 Å². The number of amides is 2. The molecule has 2 aliphatic rings. The molecule has 3 aromatic rings. The fourth-order valence-electron chi connectivity index (χ4n) is 4.48. The summed E-state index contributed by atoms with van der Waals surface area (Å²) in [5.41, 5.74) is 0.701. The van der Waals surface area contributed by atoms with Crippen LogP contribution in [0, 0.1) is 5.92 Å². The molecule has 4 heterocycles. The second kappa shape index (κ2) is 9.26. The summed E-state index contributed by atoms with van der Waals surface area (Å²) in [6.45, 7) is 1.72. The number of nitrogens with zero attached hydrogens (tertiary/aromatic N) is 3. The monoisotopic (exact) mass is 512 g/mol. The molecular weight excluding hydrogens is 488 g/mol. The number of fused-ring (bicyclic) bond motifs is 1. The Morgan fingerprint density at radius 1 is 1.34 bits per heavy atom. The molecule has 13 heteroatoms. The lowest BCUT2D eigenvalue weighted by molar-refractivity contribution is -0.126. The Hall–Kier alpha value is -2.93. The van der Waals surface area contributed by atoms with Crippen molar-refractivity contribution in [2.75, 3.05) is 38.5 Å². The summed E-state index contributed by atoms with van der Waals surface area (Å²) in [6, 6.07) is 4.26. The van der Waals surface area contributed by atoms with Crippen LogP contribution in [0.25, 0.3) is 20.8 Å². The number of aromatic nitrogens is 2. The van der Waals surface area contributed by atoms with Crippen molar-refractivity contribution < 1.29 is 26.9 Å². The van der Waals surface area contributed by atoms with Gasteiger partial charge in [0.05, 0.1) is 28.2 Å². The van der Waals surface area contributed by atoms with Gasteiger partial charge in [0.2, 0.25) is 5.82 Å². The third-order valence-corrected chi connectivity index (χ3v) is 7.61. The number of hydrogen-bond acceptors (Lipinski definition) is 7. The van der Waals surface area contributed by atoms with Crippen molar-refractivity contribution >= 4 is 33.1 Å². The van der Waals surface area contributed by atoms with Gasteiger partial charge in [0.25, 0.3) is 5.89 Å². The van der Waals surface area contributed by atoms with E-state index in [4.69, 9.17) is 4.52 Å². The molecule has 188 valence electrons. The lowest BCUT2D eigenvalue weighted by Crippen LogP contribution is -2.40. The van der Waals surface area contributed by atoms with E-state index in [1.54, 1.807) is 25.2 Å². The first kappa shape index (κ1) is 23.8. The van der Waals surface area contributed by atoms with Crippen LogP contribution in [0.5, 0.6) is 0 Å². The van der Waals surface area contributed by atoms with E-state index in [1.807, 2.05) is 0 Å². The van der Waals surface area contributed by atoms with Gasteiger partial charge in [-0.3, -0.25) is 0 Å². The molecule has 2 aromatic heterocycles. The first-order valence-corrected chi connectivity index (χ1v) is 12.1. The zero-order valence-corrected chi connectivity index (χ0v) is 19.6. The number of anilines is 1. The van der Waals surface area contributed by atoms with Gasteiger partial charge in [0.1, 0.15) is 12.2 Å². The van der Waals surface area contributed by atoms with Crippen molar-refractivity contribution in [3.05, 3.63) is 29.7 Å². The van der Waals surface area contributed by atoms with Gasteiger partial charge in [-0.1, -0.05) is 17.3 Å². The minimum absolute atomic E-state index is 0.0392. The minimum atomic E-state index is -4.45. The zero-order valence-electron chi connectivity index (χ0n) is 18.8. The molecule has 35 heavy (non-hydrogen) atoms. The standard InChI is InChI=1S/C22H24F4N6O2S/c1-32-10-16(29-21(32)33)20-30-19(31-34-20)18-13(7-22(24,25)26)12-3-2-4-15(17(12)35-18)28-8-11-5-6-27-9-14(11)23/h2-4,11,14,16,27-28H,5-10H2,1H3,(H,29,33)/t11-,14-,16+/m0/s1. The van der Waals surface area contributed by atoms with Crippen LogP contribution >= 0.6 is 11.3 Å². The van der Waals surface area contributed by atoms with Gasteiger partial charge < -0.3 is 25.4 Å². The van der Waals surface area contributed by atoms with Crippen LogP contribution in [0.3, 0.4) is 0 Å². The third kappa shape index (κ3) is 4.92. The van der Waals surface area contributed by atoms with E-state index in [2.05, 4.69) is 26.1 Å². The molecule has 0 unspecified atom stereocenters. The second-order valence-corrected chi connectivity index (χ2v) is 9.89. The Morgan fingerprint density at radius 3 is 2.89 bits per heavy atom. The molecule has 2 fully saturated rings. The number of urea groups is 1. The lowest BCUT2D eigenvalue weighted by Gasteiger charge is -2.27. The first-order chi connectivity index (χ1) is 16.7. The SMILES string of the molecule is CN1C[C@H](c2nc(-c3sc4c(NC[C@@H]5CCNC[C@@H]5F)cccc4c3CC(F)(F)F)no2)NC1=O. The van der Waals surface area contributed by atoms with Gasteiger partial charge in [-0.2, -0.15) is 18.2 Å². The smallest absolute Gasteiger partial charge is 0.383 e. The van der Waals surface area contributed by atoms with Gasteiger partial charge >= 0.3 is 12.2 Å². The van der Waals surface area contributed by atoms with Crippen molar-refractivity contribution in [1.82, 2.24) is 25.7 Å². The van der Waals surface area contributed by atoms with E-state index in [0.717, 1.165) is 17.9 Å². The minimum Gasteiger partial charge on any atom is -0.383 e. The summed E-state index contributed by atoms with van der Waals surface area (Å²) in [6.07, 6.45) is -5.91. The fourth-order valence-corrected chi connectivity index (χ4v) is 5.72. The highest BCUT2D eigenvalue weighted by molar-refractivity contribution is 7.23. The number of carbonyl (C=O) groups excluding carboxylic acids is 1. The van der Waals surface area contributed by atoms with Crippen molar-refractivity contribution in [2.45, 2.75) is 31.2 Å². The van der Waals surface area contributed by atoms with Crippen molar-refractivity contribution in [2.24, 2.45) is 5.92 Å². The molecule has 0 aliphatic carbocycles. The number of rotatable bonds is 6. The van der Waals surface area contributed by atoms with Crippen LogP contribution in [0.2, 0.25) is 0 Å².